The van der Waals surface area contributed by atoms with Crippen LogP contribution in [0.2, 0.25) is 0 Å². The van der Waals surface area contributed by atoms with Crippen molar-refractivity contribution in [2.24, 2.45) is 11.7 Å². The maximum absolute atomic E-state index is 11.3. The third kappa shape index (κ3) is 1.44. The van der Waals surface area contributed by atoms with Crippen LogP contribution in [-0.2, 0) is 9.53 Å². The SMILES string of the molecule is CC(C1CCOC1)N1CC(N)C1=O. The van der Waals surface area contributed by atoms with Crippen LogP contribution in [-0.4, -0.2) is 42.6 Å². The highest BCUT2D eigenvalue weighted by atomic mass is 16.5. The number of β-lactam (4-membered cyclic amide) rings is 1. The van der Waals surface area contributed by atoms with Crippen LogP contribution in [0.15, 0.2) is 0 Å². The summed E-state index contributed by atoms with van der Waals surface area (Å²) in [4.78, 5) is 13.2. The summed E-state index contributed by atoms with van der Waals surface area (Å²) in [6, 6.07) is 0.0552. The Morgan fingerprint density at radius 1 is 1.69 bits per heavy atom. The lowest BCUT2D eigenvalue weighted by Gasteiger charge is -2.42. The molecule has 1 amide bonds. The van der Waals surface area contributed by atoms with Crippen LogP contribution in [0.5, 0.6) is 0 Å². The number of nitrogens with zero attached hydrogens (tertiary/aromatic N) is 1. The van der Waals surface area contributed by atoms with E-state index in [0.717, 1.165) is 26.2 Å². The molecule has 4 heteroatoms. The molecule has 2 aliphatic rings. The standard InChI is InChI=1S/C9H16N2O2/c1-6(7-2-3-13-5-7)11-4-8(10)9(11)12/h6-8H,2-5,10H2,1H3. The van der Waals surface area contributed by atoms with Gasteiger partial charge < -0.3 is 15.4 Å². The molecule has 2 N–H and O–H groups in total. The predicted octanol–water partition coefficient (Wildman–Crippen LogP) is -0.419. The van der Waals surface area contributed by atoms with Crippen molar-refractivity contribution >= 4 is 5.91 Å². The number of hydrogen-bond acceptors (Lipinski definition) is 3. The van der Waals surface area contributed by atoms with E-state index in [1.807, 2.05) is 4.90 Å². The third-order valence-electron chi connectivity index (χ3n) is 3.13. The average Bonchev–Trinajstić information content (AvgIpc) is 2.65. The predicted molar refractivity (Wildman–Crippen MR) is 48.1 cm³/mol. The van der Waals surface area contributed by atoms with Crippen molar-refractivity contribution in [3.8, 4) is 0 Å². The van der Waals surface area contributed by atoms with Crippen molar-refractivity contribution in [3.63, 3.8) is 0 Å². The molecular formula is C9H16N2O2. The molecule has 2 fully saturated rings. The number of hydrogen-bond donors (Lipinski definition) is 1. The van der Waals surface area contributed by atoms with Gasteiger partial charge in [-0.25, -0.2) is 0 Å². The second kappa shape index (κ2) is 3.27. The van der Waals surface area contributed by atoms with Crippen LogP contribution in [0.3, 0.4) is 0 Å². The fourth-order valence-corrected chi connectivity index (χ4v) is 2.04. The quantitative estimate of drug-likeness (QED) is 0.593. The van der Waals surface area contributed by atoms with E-state index in [1.54, 1.807) is 0 Å². The number of nitrogens with two attached hydrogens (primary N) is 1. The van der Waals surface area contributed by atoms with Gasteiger partial charge in [0.25, 0.3) is 0 Å². The molecule has 3 atom stereocenters. The number of carbonyl (C=O) groups is 1. The maximum atomic E-state index is 11.3. The summed E-state index contributed by atoms with van der Waals surface area (Å²) >= 11 is 0. The topological polar surface area (TPSA) is 55.6 Å². The minimum atomic E-state index is -0.246. The van der Waals surface area contributed by atoms with Gasteiger partial charge in [0.1, 0.15) is 6.04 Å². The van der Waals surface area contributed by atoms with Gasteiger partial charge in [-0.3, -0.25) is 4.79 Å². The Bertz CT molecular complexity index is 214. The molecule has 0 spiro atoms. The zero-order valence-electron chi connectivity index (χ0n) is 7.90. The molecular weight excluding hydrogens is 168 g/mol. The van der Waals surface area contributed by atoms with Gasteiger partial charge in [-0.15, -0.1) is 0 Å². The second-order valence-electron chi connectivity index (χ2n) is 3.96. The van der Waals surface area contributed by atoms with Crippen LogP contribution >= 0.6 is 0 Å². The van der Waals surface area contributed by atoms with E-state index >= 15 is 0 Å². The monoisotopic (exact) mass is 184 g/mol. The molecule has 0 aliphatic carbocycles. The molecule has 0 aromatic rings. The lowest BCUT2D eigenvalue weighted by Crippen LogP contribution is -2.64. The number of amides is 1. The number of ether oxygens (including phenoxy) is 1. The van der Waals surface area contributed by atoms with Gasteiger partial charge >= 0.3 is 0 Å². The number of likely N-dealkylation sites (tertiary alicyclic amines) is 1. The van der Waals surface area contributed by atoms with E-state index in [2.05, 4.69) is 6.92 Å². The van der Waals surface area contributed by atoms with Gasteiger partial charge in [-0.05, 0) is 13.3 Å². The zero-order chi connectivity index (χ0) is 9.42. The Balaban J connectivity index is 1.90. The lowest BCUT2D eigenvalue weighted by atomic mass is 9.95. The minimum absolute atomic E-state index is 0.0967. The zero-order valence-corrected chi connectivity index (χ0v) is 7.90. The molecule has 13 heavy (non-hydrogen) atoms. The molecule has 0 aromatic carbocycles. The highest BCUT2D eigenvalue weighted by Gasteiger charge is 2.39. The Morgan fingerprint density at radius 3 is 2.92 bits per heavy atom. The molecule has 2 heterocycles. The molecule has 0 saturated carbocycles. The summed E-state index contributed by atoms with van der Waals surface area (Å²) in [5.74, 6) is 0.607. The van der Waals surface area contributed by atoms with E-state index < -0.39 is 0 Å². The van der Waals surface area contributed by atoms with Crippen LogP contribution in [0, 0.1) is 5.92 Å². The first kappa shape index (κ1) is 8.97. The molecule has 0 aromatic heterocycles. The average molecular weight is 184 g/mol. The van der Waals surface area contributed by atoms with Crippen LogP contribution in [0.1, 0.15) is 13.3 Å². The van der Waals surface area contributed by atoms with E-state index in [4.69, 9.17) is 10.5 Å². The summed E-state index contributed by atoms with van der Waals surface area (Å²) in [7, 11) is 0. The molecule has 0 bridgehead atoms. The Morgan fingerprint density at radius 2 is 2.46 bits per heavy atom. The first-order valence-electron chi connectivity index (χ1n) is 4.84. The van der Waals surface area contributed by atoms with E-state index in [-0.39, 0.29) is 11.9 Å². The third-order valence-corrected chi connectivity index (χ3v) is 3.13. The Labute approximate surface area is 78.0 Å². The summed E-state index contributed by atoms with van der Waals surface area (Å²) in [6.45, 7) is 4.43. The normalized spacial score (nSPS) is 36.2. The van der Waals surface area contributed by atoms with Gasteiger partial charge in [-0.2, -0.15) is 0 Å². The summed E-state index contributed by atoms with van der Waals surface area (Å²) < 4.78 is 5.29. The molecule has 0 radical (unpaired) electrons. The van der Waals surface area contributed by atoms with Crippen molar-refractivity contribution < 1.29 is 9.53 Å². The summed E-state index contributed by atoms with van der Waals surface area (Å²) in [6.07, 6.45) is 1.07. The fraction of sp³-hybridized carbons (Fsp3) is 0.889. The second-order valence-corrected chi connectivity index (χ2v) is 3.96. The molecule has 2 rings (SSSR count). The highest BCUT2D eigenvalue weighted by molar-refractivity contribution is 5.87. The minimum Gasteiger partial charge on any atom is -0.381 e. The first-order chi connectivity index (χ1) is 6.20. The van der Waals surface area contributed by atoms with Crippen molar-refractivity contribution in [1.82, 2.24) is 4.90 Å². The smallest absolute Gasteiger partial charge is 0.241 e. The molecule has 74 valence electrons. The van der Waals surface area contributed by atoms with Gasteiger partial charge in [-0.1, -0.05) is 0 Å². The Hall–Kier alpha value is -0.610. The number of carbonyl (C=O) groups excluding carboxylic acids is 1. The fourth-order valence-electron chi connectivity index (χ4n) is 2.04. The van der Waals surface area contributed by atoms with Gasteiger partial charge in [0.05, 0.1) is 6.61 Å². The lowest BCUT2D eigenvalue weighted by molar-refractivity contribution is -0.146. The molecule has 4 nitrogen and oxygen atoms in total. The van der Waals surface area contributed by atoms with Crippen molar-refractivity contribution in [2.45, 2.75) is 25.4 Å². The highest BCUT2D eigenvalue weighted by Crippen LogP contribution is 2.24. The summed E-state index contributed by atoms with van der Waals surface area (Å²) in [5, 5.41) is 0. The largest absolute Gasteiger partial charge is 0.381 e. The maximum Gasteiger partial charge on any atom is 0.241 e. The first-order valence-corrected chi connectivity index (χ1v) is 4.84. The molecule has 2 saturated heterocycles. The van der Waals surface area contributed by atoms with Gasteiger partial charge in [0, 0.05) is 25.1 Å². The van der Waals surface area contributed by atoms with Crippen molar-refractivity contribution in [2.75, 3.05) is 19.8 Å². The Kier molecular flexibility index (Phi) is 2.26. The van der Waals surface area contributed by atoms with Crippen LogP contribution in [0.4, 0.5) is 0 Å². The summed E-state index contributed by atoms with van der Waals surface area (Å²) in [5.41, 5.74) is 5.53. The molecule has 2 aliphatic heterocycles. The number of rotatable bonds is 2. The molecule has 3 unspecified atom stereocenters. The van der Waals surface area contributed by atoms with Gasteiger partial charge in [0.15, 0.2) is 0 Å². The van der Waals surface area contributed by atoms with Crippen molar-refractivity contribution in [3.05, 3.63) is 0 Å². The van der Waals surface area contributed by atoms with Gasteiger partial charge in [0.2, 0.25) is 5.91 Å². The van der Waals surface area contributed by atoms with Crippen LogP contribution in [0.25, 0.3) is 0 Å². The van der Waals surface area contributed by atoms with Crippen LogP contribution < -0.4 is 5.73 Å². The van der Waals surface area contributed by atoms with E-state index in [1.165, 1.54) is 0 Å². The van der Waals surface area contributed by atoms with E-state index in [0.29, 0.717) is 12.0 Å². The van der Waals surface area contributed by atoms with Crippen molar-refractivity contribution in [1.29, 1.82) is 0 Å². The van der Waals surface area contributed by atoms with E-state index in [9.17, 15) is 4.79 Å².